The number of benzene rings is 1. The van der Waals surface area contributed by atoms with Crippen molar-refractivity contribution in [2.24, 2.45) is 11.8 Å². The van der Waals surface area contributed by atoms with Gasteiger partial charge < -0.3 is 0 Å². The lowest BCUT2D eigenvalue weighted by molar-refractivity contribution is -0.123. The molecule has 2 saturated carbocycles. The van der Waals surface area contributed by atoms with E-state index in [0.29, 0.717) is 22.9 Å². The standard InChI is InChI=1S/C15H18OS/c16-13-9-11-5-4-6-12(10-13)15(11)17-14-7-2-1-3-8-14/h1-3,7-8,11-12,15H,4-6,9-10H2. The number of fused-ring (bicyclic) bond motifs is 2. The van der Waals surface area contributed by atoms with Gasteiger partial charge in [0.05, 0.1) is 0 Å². The number of rotatable bonds is 2. The minimum Gasteiger partial charge on any atom is -0.300 e. The van der Waals surface area contributed by atoms with Crippen molar-refractivity contribution < 1.29 is 4.79 Å². The maximum atomic E-state index is 11.7. The zero-order valence-electron chi connectivity index (χ0n) is 9.97. The molecule has 90 valence electrons. The third-order valence-electron chi connectivity index (χ3n) is 4.07. The van der Waals surface area contributed by atoms with Crippen LogP contribution in [0.25, 0.3) is 0 Å². The van der Waals surface area contributed by atoms with Crippen LogP contribution in [0.1, 0.15) is 32.1 Å². The monoisotopic (exact) mass is 246 g/mol. The number of ketones is 1. The highest BCUT2D eigenvalue weighted by atomic mass is 32.2. The Morgan fingerprint density at radius 1 is 1.00 bits per heavy atom. The largest absolute Gasteiger partial charge is 0.300 e. The number of thioether (sulfide) groups is 1. The maximum absolute atomic E-state index is 11.7. The molecule has 2 aliphatic carbocycles. The van der Waals surface area contributed by atoms with E-state index in [-0.39, 0.29) is 0 Å². The van der Waals surface area contributed by atoms with Gasteiger partial charge in [-0.05, 0) is 36.8 Å². The van der Waals surface area contributed by atoms with Crippen molar-refractivity contribution in [1.82, 2.24) is 0 Å². The summed E-state index contributed by atoms with van der Waals surface area (Å²) in [5, 5.41) is 0.684. The summed E-state index contributed by atoms with van der Waals surface area (Å²) in [5.74, 6) is 1.78. The van der Waals surface area contributed by atoms with Crippen LogP contribution in [0.4, 0.5) is 0 Å². The molecule has 0 spiro atoms. The zero-order valence-corrected chi connectivity index (χ0v) is 10.8. The fraction of sp³-hybridized carbons (Fsp3) is 0.533. The van der Waals surface area contributed by atoms with E-state index < -0.39 is 0 Å². The van der Waals surface area contributed by atoms with Crippen molar-refractivity contribution in [3.8, 4) is 0 Å². The molecule has 2 aliphatic rings. The second-order valence-electron chi connectivity index (χ2n) is 5.29. The summed E-state index contributed by atoms with van der Waals surface area (Å²) in [5.41, 5.74) is 0. The number of hydrogen-bond acceptors (Lipinski definition) is 2. The van der Waals surface area contributed by atoms with E-state index in [9.17, 15) is 4.79 Å². The van der Waals surface area contributed by atoms with Crippen LogP contribution in [0.5, 0.6) is 0 Å². The zero-order chi connectivity index (χ0) is 11.7. The molecule has 2 unspecified atom stereocenters. The molecule has 2 fully saturated rings. The van der Waals surface area contributed by atoms with Gasteiger partial charge in [-0.3, -0.25) is 4.79 Å². The molecule has 0 amide bonds. The first kappa shape index (κ1) is 11.3. The molecule has 0 aliphatic heterocycles. The second-order valence-corrected chi connectivity index (χ2v) is 6.54. The van der Waals surface area contributed by atoms with Crippen LogP contribution in [-0.4, -0.2) is 11.0 Å². The summed E-state index contributed by atoms with van der Waals surface area (Å²) in [6, 6.07) is 10.7. The molecule has 0 aromatic heterocycles. The first-order chi connectivity index (χ1) is 8.33. The lowest BCUT2D eigenvalue weighted by atomic mass is 9.71. The van der Waals surface area contributed by atoms with E-state index in [1.54, 1.807) is 0 Å². The van der Waals surface area contributed by atoms with Gasteiger partial charge in [0.15, 0.2) is 0 Å². The molecular formula is C15H18OS. The third kappa shape index (κ3) is 2.42. The van der Waals surface area contributed by atoms with Gasteiger partial charge in [-0.1, -0.05) is 24.6 Å². The van der Waals surface area contributed by atoms with Gasteiger partial charge in [0.1, 0.15) is 5.78 Å². The normalized spacial score (nSPS) is 32.5. The maximum Gasteiger partial charge on any atom is 0.133 e. The topological polar surface area (TPSA) is 17.1 Å². The summed E-state index contributed by atoms with van der Waals surface area (Å²) in [6.45, 7) is 0. The molecule has 17 heavy (non-hydrogen) atoms. The van der Waals surface area contributed by atoms with E-state index in [0.717, 1.165) is 12.8 Å². The molecule has 1 nitrogen and oxygen atoms in total. The summed E-state index contributed by atoms with van der Waals surface area (Å²) in [6.07, 6.45) is 5.51. The number of hydrogen-bond donors (Lipinski definition) is 0. The average molecular weight is 246 g/mol. The Kier molecular flexibility index (Phi) is 3.24. The van der Waals surface area contributed by atoms with E-state index >= 15 is 0 Å². The molecular weight excluding hydrogens is 228 g/mol. The summed E-state index contributed by atoms with van der Waals surface area (Å²) < 4.78 is 0. The molecule has 2 atom stereocenters. The Hall–Kier alpha value is -0.760. The smallest absolute Gasteiger partial charge is 0.133 e. The molecule has 0 N–H and O–H groups in total. The van der Waals surface area contributed by atoms with Crippen LogP contribution in [0.3, 0.4) is 0 Å². The number of carbonyl (C=O) groups is 1. The predicted octanol–water partition coefficient (Wildman–Crippen LogP) is 3.93. The Morgan fingerprint density at radius 2 is 1.65 bits per heavy atom. The minimum absolute atomic E-state index is 0.504. The fourth-order valence-corrected chi connectivity index (χ4v) is 4.79. The lowest BCUT2D eigenvalue weighted by Gasteiger charge is -2.41. The van der Waals surface area contributed by atoms with E-state index in [1.807, 2.05) is 11.8 Å². The second kappa shape index (κ2) is 4.85. The number of Topliss-reactive ketones (excluding diaryl/α,β-unsaturated/α-hetero) is 1. The van der Waals surface area contributed by atoms with Crippen molar-refractivity contribution in [2.45, 2.75) is 42.2 Å². The molecule has 0 radical (unpaired) electrons. The fourth-order valence-electron chi connectivity index (χ4n) is 3.31. The average Bonchev–Trinajstić information content (AvgIpc) is 2.32. The highest BCUT2D eigenvalue weighted by Gasteiger charge is 2.39. The van der Waals surface area contributed by atoms with E-state index in [1.165, 1.54) is 24.2 Å². The Bertz CT molecular complexity index is 385. The van der Waals surface area contributed by atoms with Gasteiger partial charge in [-0.2, -0.15) is 0 Å². The highest BCUT2D eigenvalue weighted by molar-refractivity contribution is 8.00. The predicted molar refractivity (Wildman–Crippen MR) is 71.2 cm³/mol. The van der Waals surface area contributed by atoms with Crippen molar-refractivity contribution in [2.75, 3.05) is 0 Å². The number of carbonyl (C=O) groups excluding carboxylic acids is 1. The van der Waals surface area contributed by atoms with Crippen molar-refractivity contribution in [3.05, 3.63) is 30.3 Å². The van der Waals surface area contributed by atoms with Gasteiger partial charge in [0, 0.05) is 23.0 Å². The quantitative estimate of drug-likeness (QED) is 0.786. The van der Waals surface area contributed by atoms with Crippen LogP contribution in [0.2, 0.25) is 0 Å². The van der Waals surface area contributed by atoms with Crippen molar-refractivity contribution >= 4 is 17.5 Å². The van der Waals surface area contributed by atoms with E-state index in [2.05, 4.69) is 30.3 Å². The molecule has 2 heteroatoms. The minimum atomic E-state index is 0.504. The van der Waals surface area contributed by atoms with Crippen molar-refractivity contribution in [1.29, 1.82) is 0 Å². The Labute approximate surface area is 107 Å². The molecule has 1 aromatic rings. The molecule has 1 aromatic carbocycles. The lowest BCUT2D eigenvalue weighted by Crippen LogP contribution is -2.38. The first-order valence-electron chi connectivity index (χ1n) is 6.56. The van der Waals surface area contributed by atoms with Gasteiger partial charge in [-0.25, -0.2) is 0 Å². The van der Waals surface area contributed by atoms with Crippen molar-refractivity contribution in [3.63, 3.8) is 0 Å². The van der Waals surface area contributed by atoms with Crippen LogP contribution >= 0.6 is 11.8 Å². The van der Waals surface area contributed by atoms with Gasteiger partial charge in [-0.15, -0.1) is 11.8 Å². The molecule has 2 bridgehead atoms. The Morgan fingerprint density at radius 3 is 2.29 bits per heavy atom. The highest BCUT2D eigenvalue weighted by Crippen LogP contribution is 2.46. The summed E-state index contributed by atoms with van der Waals surface area (Å²) in [7, 11) is 0. The van der Waals surface area contributed by atoms with Gasteiger partial charge in [0.25, 0.3) is 0 Å². The van der Waals surface area contributed by atoms with Crippen LogP contribution < -0.4 is 0 Å². The molecule has 3 rings (SSSR count). The van der Waals surface area contributed by atoms with Crippen LogP contribution in [-0.2, 0) is 4.79 Å². The van der Waals surface area contributed by atoms with Gasteiger partial charge >= 0.3 is 0 Å². The van der Waals surface area contributed by atoms with E-state index in [4.69, 9.17) is 0 Å². The SMILES string of the molecule is O=C1CC2CCCC(C1)C2Sc1ccccc1. The van der Waals surface area contributed by atoms with Gasteiger partial charge in [0.2, 0.25) is 0 Å². The van der Waals surface area contributed by atoms with Crippen LogP contribution in [0.15, 0.2) is 35.2 Å². The molecule has 0 heterocycles. The first-order valence-corrected chi connectivity index (χ1v) is 7.44. The Balaban J connectivity index is 1.76. The summed E-state index contributed by atoms with van der Waals surface area (Å²) in [4.78, 5) is 13.0. The summed E-state index contributed by atoms with van der Waals surface area (Å²) >= 11 is 2.01. The molecule has 0 saturated heterocycles. The van der Waals surface area contributed by atoms with Crippen LogP contribution in [0, 0.1) is 11.8 Å². The third-order valence-corrected chi connectivity index (χ3v) is 5.66.